The summed E-state index contributed by atoms with van der Waals surface area (Å²) in [7, 11) is 0. The van der Waals surface area contributed by atoms with Crippen molar-refractivity contribution in [3.8, 4) is 11.4 Å². The van der Waals surface area contributed by atoms with E-state index in [1.165, 1.54) is 6.42 Å². The van der Waals surface area contributed by atoms with Crippen LogP contribution in [0.5, 0.6) is 0 Å². The topological polar surface area (TPSA) is 98.4 Å². The van der Waals surface area contributed by atoms with E-state index < -0.39 is 0 Å². The maximum Gasteiger partial charge on any atom is 0.164 e. The van der Waals surface area contributed by atoms with Crippen molar-refractivity contribution in [2.75, 3.05) is 18.4 Å². The molecule has 2 N–H and O–H groups in total. The number of anilines is 2. The second kappa shape index (κ2) is 8.07. The average molecular weight is 418 g/mol. The molecule has 1 fully saturated rings. The van der Waals surface area contributed by atoms with E-state index in [1.54, 1.807) is 12.4 Å². The third kappa shape index (κ3) is 4.00. The molecule has 9 nitrogen and oxygen atoms in total. The third-order valence-electron chi connectivity index (χ3n) is 5.68. The second-order valence-corrected chi connectivity index (χ2v) is 8.38. The lowest BCUT2D eigenvalue weighted by Gasteiger charge is -2.11. The van der Waals surface area contributed by atoms with E-state index >= 15 is 0 Å². The Balaban J connectivity index is 1.37. The zero-order valence-electron chi connectivity index (χ0n) is 18.1. The van der Waals surface area contributed by atoms with Gasteiger partial charge in [-0.1, -0.05) is 0 Å². The molecule has 1 aliphatic rings. The van der Waals surface area contributed by atoms with Crippen LogP contribution in [0, 0.1) is 12.8 Å². The number of hydrogen-bond donors (Lipinski definition) is 2. The van der Waals surface area contributed by atoms with Gasteiger partial charge in [0.25, 0.3) is 0 Å². The molecule has 5 rings (SSSR count). The zero-order chi connectivity index (χ0) is 21.4. The van der Waals surface area contributed by atoms with Crippen LogP contribution in [-0.4, -0.2) is 47.4 Å². The highest BCUT2D eigenvalue weighted by Gasteiger charge is 2.16. The highest BCUT2D eigenvalue weighted by Crippen LogP contribution is 2.24. The van der Waals surface area contributed by atoms with Crippen LogP contribution in [0.2, 0.25) is 0 Å². The Morgan fingerprint density at radius 1 is 1.19 bits per heavy atom. The van der Waals surface area contributed by atoms with Crippen molar-refractivity contribution >= 4 is 22.7 Å². The van der Waals surface area contributed by atoms with E-state index in [0.29, 0.717) is 23.6 Å². The molecule has 0 aromatic carbocycles. The molecule has 9 heteroatoms. The van der Waals surface area contributed by atoms with Gasteiger partial charge < -0.3 is 15.2 Å². The van der Waals surface area contributed by atoms with Gasteiger partial charge in [0.05, 0.1) is 23.5 Å². The Morgan fingerprint density at radius 3 is 2.90 bits per heavy atom. The number of nitrogens with zero attached hydrogens (tertiary/aromatic N) is 7. The van der Waals surface area contributed by atoms with Gasteiger partial charge in [-0.2, -0.15) is 5.10 Å². The molecule has 160 valence electrons. The highest BCUT2D eigenvalue weighted by atomic mass is 15.3. The largest absolute Gasteiger partial charge is 0.326 e. The van der Waals surface area contributed by atoms with Crippen LogP contribution in [0.25, 0.3) is 22.4 Å². The Labute approximate surface area is 181 Å². The first-order valence-corrected chi connectivity index (χ1v) is 10.7. The van der Waals surface area contributed by atoms with Crippen LogP contribution in [-0.2, 0) is 6.54 Å². The summed E-state index contributed by atoms with van der Waals surface area (Å²) in [6.45, 7) is 9.39. The summed E-state index contributed by atoms with van der Waals surface area (Å²) < 4.78 is 4.20. The third-order valence-corrected chi connectivity index (χ3v) is 5.68. The van der Waals surface area contributed by atoms with Crippen LogP contribution in [0.3, 0.4) is 0 Å². The van der Waals surface area contributed by atoms with Crippen LogP contribution >= 0.6 is 0 Å². The van der Waals surface area contributed by atoms with Crippen molar-refractivity contribution in [2.24, 2.45) is 5.92 Å². The Bertz CT molecular complexity index is 1200. The minimum Gasteiger partial charge on any atom is -0.326 e. The molecule has 4 aromatic heterocycles. The molecule has 0 radical (unpaired) electrons. The molecule has 4 aromatic rings. The van der Waals surface area contributed by atoms with Crippen molar-refractivity contribution in [1.29, 1.82) is 0 Å². The summed E-state index contributed by atoms with van der Waals surface area (Å²) in [5, 5.41) is 11.2. The van der Waals surface area contributed by atoms with Crippen LogP contribution in [0.1, 0.15) is 32.1 Å². The standard InChI is InChI=1S/C22H27N9/c1-14(2)31-15(3)27-18-11-25-21(8-19(18)31)28-20-5-7-24-22(29-20)17-10-26-30(13-17)12-16-4-6-23-9-16/h5,7-8,10-11,13-14,16,23H,4,6,9,12H2,1-3H3,(H,24,25,28,29). The quantitative estimate of drug-likeness (QED) is 0.496. The van der Waals surface area contributed by atoms with Gasteiger partial charge in [0.15, 0.2) is 5.82 Å². The van der Waals surface area contributed by atoms with Gasteiger partial charge in [-0.3, -0.25) is 4.68 Å². The molecular formula is C22H27N9. The smallest absolute Gasteiger partial charge is 0.164 e. The molecule has 5 heterocycles. The van der Waals surface area contributed by atoms with E-state index in [9.17, 15) is 0 Å². The number of aryl methyl sites for hydroxylation is 1. The average Bonchev–Trinajstić information content (AvgIpc) is 3.48. The summed E-state index contributed by atoms with van der Waals surface area (Å²) in [5.41, 5.74) is 2.86. The van der Waals surface area contributed by atoms with Crippen molar-refractivity contribution in [3.63, 3.8) is 0 Å². The lowest BCUT2D eigenvalue weighted by molar-refractivity contribution is 0.449. The lowest BCUT2D eigenvalue weighted by Crippen LogP contribution is -2.14. The number of aromatic nitrogens is 7. The number of fused-ring (bicyclic) bond motifs is 1. The van der Waals surface area contributed by atoms with Crippen LogP contribution in [0.15, 0.2) is 36.9 Å². The molecule has 0 aliphatic carbocycles. The number of nitrogens with one attached hydrogen (secondary N) is 2. The number of imidazole rings is 1. The molecule has 1 aliphatic heterocycles. The van der Waals surface area contributed by atoms with Gasteiger partial charge in [0, 0.05) is 31.0 Å². The summed E-state index contributed by atoms with van der Waals surface area (Å²) in [5.74, 6) is 3.68. The lowest BCUT2D eigenvalue weighted by atomic mass is 10.1. The normalized spacial score (nSPS) is 16.5. The minimum atomic E-state index is 0.322. The summed E-state index contributed by atoms with van der Waals surface area (Å²) in [6, 6.07) is 4.18. The Kier molecular flexibility index (Phi) is 5.11. The van der Waals surface area contributed by atoms with E-state index in [1.807, 2.05) is 36.1 Å². The number of hydrogen-bond acceptors (Lipinski definition) is 7. The van der Waals surface area contributed by atoms with Gasteiger partial charge >= 0.3 is 0 Å². The van der Waals surface area contributed by atoms with Crippen LogP contribution in [0.4, 0.5) is 11.6 Å². The molecule has 31 heavy (non-hydrogen) atoms. The Hall–Kier alpha value is -3.33. The van der Waals surface area contributed by atoms with E-state index in [2.05, 4.69) is 54.1 Å². The molecule has 1 saturated heterocycles. The van der Waals surface area contributed by atoms with Gasteiger partial charge in [0.1, 0.15) is 23.0 Å². The maximum atomic E-state index is 4.68. The fourth-order valence-corrected chi connectivity index (χ4v) is 4.25. The molecular weight excluding hydrogens is 390 g/mol. The highest BCUT2D eigenvalue weighted by molar-refractivity contribution is 5.79. The monoisotopic (exact) mass is 417 g/mol. The summed E-state index contributed by atoms with van der Waals surface area (Å²) in [4.78, 5) is 18.2. The van der Waals surface area contributed by atoms with E-state index in [0.717, 1.165) is 47.9 Å². The molecule has 0 bridgehead atoms. The molecule has 0 saturated carbocycles. The summed E-state index contributed by atoms with van der Waals surface area (Å²) in [6.07, 6.45) is 8.59. The van der Waals surface area contributed by atoms with Gasteiger partial charge in [0.2, 0.25) is 0 Å². The van der Waals surface area contributed by atoms with E-state index in [4.69, 9.17) is 0 Å². The van der Waals surface area contributed by atoms with Gasteiger partial charge in [-0.05, 0) is 52.3 Å². The van der Waals surface area contributed by atoms with Crippen molar-refractivity contribution in [1.82, 2.24) is 39.6 Å². The molecule has 0 amide bonds. The zero-order valence-corrected chi connectivity index (χ0v) is 18.1. The predicted molar refractivity (Wildman–Crippen MR) is 120 cm³/mol. The number of pyridine rings is 1. The first-order chi connectivity index (χ1) is 15.1. The molecule has 1 atom stereocenters. The van der Waals surface area contributed by atoms with Crippen molar-refractivity contribution < 1.29 is 0 Å². The van der Waals surface area contributed by atoms with Crippen molar-refractivity contribution in [3.05, 3.63) is 42.7 Å². The molecule has 1 unspecified atom stereocenters. The molecule has 0 spiro atoms. The van der Waals surface area contributed by atoms with Gasteiger partial charge in [-0.15, -0.1) is 0 Å². The van der Waals surface area contributed by atoms with Crippen molar-refractivity contribution in [2.45, 2.75) is 39.8 Å². The van der Waals surface area contributed by atoms with Crippen LogP contribution < -0.4 is 10.6 Å². The number of rotatable bonds is 6. The minimum absolute atomic E-state index is 0.322. The maximum absolute atomic E-state index is 4.68. The first kappa shape index (κ1) is 19.6. The SMILES string of the molecule is Cc1nc2cnc(Nc3ccnc(-c4cnn(CC5CCNC5)c4)n3)cc2n1C(C)C. The Morgan fingerprint density at radius 2 is 2.10 bits per heavy atom. The fraction of sp³-hybridized carbons (Fsp3) is 0.409. The first-order valence-electron chi connectivity index (χ1n) is 10.7. The summed E-state index contributed by atoms with van der Waals surface area (Å²) >= 11 is 0. The predicted octanol–water partition coefficient (Wildman–Crippen LogP) is 3.33. The fourth-order valence-electron chi connectivity index (χ4n) is 4.25. The van der Waals surface area contributed by atoms with Gasteiger partial charge in [-0.25, -0.2) is 19.9 Å². The van der Waals surface area contributed by atoms with E-state index in [-0.39, 0.29) is 0 Å². The second-order valence-electron chi connectivity index (χ2n) is 8.38.